The second-order valence-electron chi connectivity index (χ2n) is 10.6. The molecule has 2 atom stereocenters. The van der Waals surface area contributed by atoms with E-state index in [1.54, 1.807) is 0 Å². The predicted octanol–water partition coefficient (Wildman–Crippen LogP) is 5.03. The molecule has 0 N–H and O–H groups in total. The van der Waals surface area contributed by atoms with Crippen molar-refractivity contribution in [2.45, 2.75) is 11.8 Å². The summed E-state index contributed by atoms with van der Waals surface area (Å²) in [7, 11) is 0. The average molecular weight is 559 g/mol. The quantitative estimate of drug-likeness (QED) is 0.107. The number of carbonyl (C=O) groups is 4. The zero-order chi connectivity index (χ0) is 29.1. The highest BCUT2D eigenvalue weighted by Gasteiger charge is 2.61. The first-order valence-corrected chi connectivity index (χ1v) is 13.5. The van der Waals surface area contributed by atoms with Gasteiger partial charge >= 0.3 is 5.97 Å². The number of nitro benzene ring substituents is 1. The normalized spacial score (nSPS) is 21.4. The minimum absolute atomic E-state index is 0.0538. The van der Waals surface area contributed by atoms with Gasteiger partial charge in [0.15, 0.2) is 6.61 Å². The molecule has 206 valence electrons. The van der Waals surface area contributed by atoms with Crippen molar-refractivity contribution in [1.82, 2.24) is 0 Å². The number of non-ortho nitro benzene ring substituents is 1. The van der Waals surface area contributed by atoms with Gasteiger partial charge in [-0.1, -0.05) is 60.7 Å². The number of anilines is 1. The summed E-state index contributed by atoms with van der Waals surface area (Å²) in [5.74, 6) is -3.36. The minimum atomic E-state index is -0.781. The van der Waals surface area contributed by atoms with Crippen molar-refractivity contribution in [3.8, 4) is 0 Å². The highest BCUT2D eigenvalue weighted by atomic mass is 16.6. The summed E-state index contributed by atoms with van der Waals surface area (Å²) in [4.78, 5) is 64.4. The summed E-state index contributed by atoms with van der Waals surface area (Å²) in [6, 6.07) is 27.1. The summed E-state index contributed by atoms with van der Waals surface area (Å²) in [6.45, 7) is -0.599. The van der Waals surface area contributed by atoms with Gasteiger partial charge < -0.3 is 4.74 Å². The van der Waals surface area contributed by atoms with Crippen LogP contribution in [0.25, 0.3) is 0 Å². The molecule has 8 rings (SSSR count). The van der Waals surface area contributed by atoms with Gasteiger partial charge in [0, 0.05) is 29.5 Å². The smallest absolute Gasteiger partial charge is 0.338 e. The Kier molecular flexibility index (Phi) is 5.83. The summed E-state index contributed by atoms with van der Waals surface area (Å²) < 4.78 is 5.13. The monoisotopic (exact) mass is 558 g/mol. The van der Waals surface area contributed by atoms with Crippen LogP contribution in [0.4, 0.5) is 11.4 Å². The van der Waals surface area contributed by atoms with Gasteiger partial charge in [-0.25, -0.2) is 9.69 Å². The molecule has 1 aliphatic heterocycles. The molecule has 1 saturated heterocycles. The van der Waals surface area contributed by atoms with Gasteiger partial charge in [0.05, 0.1) is 28.0 Å². The number of imide groups is 1. The van der Waals surface area contributed by atoms with Gasteiger partial charge in [-0.05, 0) is 46.5 Å². The van der Waals surface area contributed by atoms with E-state index in [4.69, 9.17) is 4.74 Å². The molecular weight excluding hydrogens is 536 g/mol. The van der Waals surface area contributed by atoms with Crippen LogP contribution in [-0.2, 0) is 14.3 Å². The Morgan fingerprint density at radius 1 is 0.714 bits per heavy atom. The Hall–Kier alpha value is -5.44. The molecule has 4 aromatic rings. The number of Topliss-reactive ketones (excluding diaryl/α,β-unsaturated/α-hetero) is 1. The number of hydrogen-bond donors (Lipinski definition) is 0. The van der Waals surface area contributed by atoms with E-state index in [2.05, 4.69) is 0 Å². The number of carbonyl (C=O) groups excluding carboxylic acids is 4. The maximum atomic E-state index is 13.9. The number of nitrogens with zero attached hydrogens (tertiary/aromatic N) is 2. The van der Waals surface area contributed by atoms with Crippen LogP contribution in [0.5, 0.6) is 0 Å². The highest BCUT2D eigenvalue weighted by molar-refractivity contribution is 6.23. The number of benzene rings is 4. The van der Waals surface area contributed by atoms with E-state index in [1.807, 2.05) is 48.5 Å². The van der Waals surface area contributed by atoms with Gasteiger partial charge in [-0.2, -0.15) is 0 Å². The lowest BCUT2D eigenvalue weighted by Crippen LogP contribution is -2.41. The first kappa shape index (κ1) is 25.5. The Bertz CT molecular complexity index is 1710. The van der Waals surface area contributed by atoms with E-state index in [9.17, 15) is 29.3 Å². The number of hydrogen-bond acceptors (Lipinski definition) is 7. The second kappa shape index (κ2) is 9.59. The molecule has 0 spiro atoms. The van der Waals surface area contributed by atoms with Crippen LogP contribution in [0.15, 0.2) is 97.1 Å². The van der Waals surface area contributed by atoms with Crippen molar-refractivity contribution in [1.29, 1.82) is 0 Å². The Morgan fingerprint density at radius 2 is 1.24 bits per heavy atom. The van der Waals surface area contributed by atoms with Crippen molar-refractivity contribution in [2.75, 3.05) is 11.5 Å². The minimum Gasteiger partial charge on any atom is -0.454 e. The van der Waals surface area contributed by atoms with Gasteiger partial charge in [0.25, 0.3) is 5.69 Å². The Morgan fingerprint density at radius 3 is 1.74 bits per heavy atom. The number of nitro groups is 1. The number of amides is 2. The molecule has 0 unspecified atom stereocenters. The van der Waals surface area contributed by atoms with Gasteiger partial charge in [0.1, 0.15) is 0 Å². The van der Waals surface area contributed by atoms with Crippen molar-refractivity contribution in [3.05, 3.63) is 141 Å². The average Bonchev–Trinajstić information content (AvgIpc) is 3.29. The Labute approximate surface area is 239 Å². The van der Waals surface area contributed by atoms with Crippen LogP contribution < -0.4 is 4.90 Å². The third-order valence-corrected chi connectivity index (χ3v) is 8.52. The summed E-state index contributed by atoms with van der Waals surface area (Å²) in [6.07, 6.45) is 0. The SMILES string of the molecule is O=C(COC(=O)c1ccc(N2C(=O)[C@H]3C4c5ccccc5C(c5ccccc54)[C@@H]3C2=O)cc1)c1cccc([N+](=O)[O-])c1. The molecule has 4 aromatic carbocycles. The van der Waals surface area contributed by atoms with E-state index in [1.165, 1.54) is 47.4 Å². The highest BCUT2D eigenvalue weighted by Crippen LogP contribution is 2.61. The largest absolute Gasteiger partial charge is 0.454 e. The van der Waals surface area contributed by atoms with E-state index in [0.717, 1.165) is 28.3 Å². The molecule has 42 heavy (non-hydrogen) atoms. The third-order valence-electron chi connectivity index (χ3n) is 8.52. The van der Waals surface area contributed by atoms with Crippen LogP contribution in [0.1, 0.15) is 54.8 Å². The van der Waals surface area contributed by atoms with E-state index in [0.29, 0.717) is 5.69 Å². The molecule has 3 aliphatic carbocycles. The van der Waals surface area contributed by atoms with Crippen LogP contribution in [0, 0.1) is 22.0 Å². The fraction of sp³-hybridized carbons (Fsp3) is 0.152. The number of ketones is 1. The number of rotatable bonds is 6. The fourth-order valence-electron chi connectivity index (χ4n) is 6.77. The summed E-state index contributed by atoms with van der Waals surface area (Å²) in [5.41, 5.74) is 4.64. The molecule has 0 aromatic heterocycles. The van der Waals surface area contributed by atoms with Gasteiger partial charge in [-0.15, -0.1) is 0 Å². The molecule has 9 nitrogen and oxygen atoms in total. The van der Waals surface area contributed by atoms with E-state index in [-0.39, 0.29) is 40.5 Å². The fourth-order valence-corrected chi connectivity index (χ4v) is 6.77. The topological polar surface area (TPSA) is 124 Å². The first-order valence-electron chi connectivity index (χ1n) is 13.5. The molecular formula is C33H22N2O7. The molecule has 4 aliphatic rings. The van der Waals surface area contributed by atoms with Crippen molar-refractivity contribution >= 4 is 34.9 Å². The van der Waals surface area contributed by atoms with Crippen molar-refractivity contribution in [3.63, 3.8) is 0 Å². The summed E-state index contributed by atoms with van der Waals surface area (Å²) >= 11 is 0. The van der Waals surface area contributed by atoms with Crippen LogP contribution >= 0.6 is 0 Å². The second-order valence-corrected chi connectivity index (χ2v) is 10.6. The van der Waals surface area contributed by atoms with Crippen LogP contribution in [-0.4, -0.2) is 35.1 Å². The lowest BCUT2D eigenvalue weighted by atomic mass is 9.55. The van der Waals surface area contributed by atoms with E-state index < -0.39 is 35.1 Å². The van der Waals surface area contributed by atoms with Gasteiger partial charge in [0.2, 0.25) is 17.6 Å². The van der Waals surface area contributed by atoms with Crippen LogP contribution in [0.3, 0.4) is 0 Å². The maximum Gasteiger partial charge on any atom is 0.338 e. The zero-order valence-corrected chi connectivity index (χ0v) is 22.0. The molecule has 1 fully saturated rings. The van der Waals surface area contributed by atoms with Crippen LogP contribution in [0.2, 0.25) is 0 Å². The summed E-state index contributed by atoms with van der Waals surface area (Å²) in [5, 5.41) is 11.0. The third kappa shape index (κ3) is 3.77. The number of esters is 1. The molecule has 0 saturated carbocycles. The van der Waals surface area contributed by atoms with Gasteiger partial charge in [-0.3, -0.25) is 24.5 Å². The molecule has 0 radical (unpaired) electrons. The predicted molar refractivity (Wildman–Crippen MR) is 150 cm³/mol. The lowest BCUT2D eigenvalue weighted by molar-refractivity contribution is -0.384. The number of ether oxygens (including phenoxy) is 1. The molecule has 2 amide bonds. The lowest BCUT2D eigenvalue weighted by Gasteiger charge is -2.45. The van der Waals surface area contributed by atoms with Crippen molar-refractivity contribution in [2.24, 2.45) is 11.8 Å². The zero-order valence-electron chi connectivity index (χ0n) is 22.0. The standard InChI is InChI=1S/C33H22N2O7/c36-26(19-6-5-7-21(16-19)35(40)41)17-42-33(39)18-12-14-20(15-13-18)34-31(37)29-27-22-8-1-2-9-23(22)28(30(29)32(34)38)25-11-4-3-10-24(25)27/h1-16,27-30H,17H2/t27?,28?,29-,30-/m0/s1. The Balaban J connectivity index is 1.11. The first-order chi connectivity index (χ1) is 20.3. The van der Waals surface area contributed by atoms with Crippen molar-refractivity contribution < 1.29 is 28.8 Å². The molecule has 2 bridgehead atoms. The van der Waals surface area contributed by atoms with E-state index >= 15 is 0 Å². The molecule has 9 heteroatoms. The maximum absolute atomic E-state index is 13.9. The molecule has 1 heterocycles.